The van der Waals surface area contributed by atoms with Crippen molar-refractivity contribution in [2.24, 2.45) is 5.41 Å². The summed E-state index contributed by atoms with van der Waals surface area (Å²) in [4.78, 5) is 12.6. The topological polar surface area (TPSA) is 49.3 Å². The van der Waals surface area contributed by atoms with Gasteiger partial charge >= 0.3 is 0 Å². The van der Waals surface area contributed by atoms with Gasteiger partial charge in [-0.2, -0.15) is 0 Å². The summed E-state index contributed by atoms with van der Waals surface area (Å²) in [5.41, 5.74) is 2.98. The maximum atomic E-state index is 12.6. The van der Waals surface area contributed by atoms with Crippen molar-refractivity contribution in [3.63, 3.8) is 0 Å². The maximum Gasteiger partial charge on any atom is 0.251 e. The monoisotopic (exact) mass is 325 g/mol. The van der Waals surface area contributed by atoms with Crippen LogP contribution < -0.4 is 5.32 Å². The van der Waals surface area contributed by atoms with Crippen LogP contribution in [0, 0.1) is 5.41 Å². The van der Waals surface area contributed by atoms with Gasteiger partial charge in [-0.1, -0.05) is 62.4 Å². The molecular formula is C21H27NO2. The highest BCUT2D eigenvalue weighted by molar-refractivity contribution is 5.95. The van der Waals surface area contributed by atoms with Crippen LogP contribution in [-0.4, -0.2) is 24.2 Å². The van der Waals surface area contributed by atoms with Gasteiger partial charge in [0.15, 0.2) is 0 Å². The second kappa shape index (κ2) is 8.65. The minimum Gasteiger partial charge on any atom is -0.396 e. The van der Waals surface area contributed by atoms with Gasteiger partial charge in [-0.15, -0.1) is 0 Å². The van der Waals surface area contributed by atoms with Crippen molar-refractivity contribution in [3.05, 3.63) is 71.3 Å². The first kappa shape index (κ1) is 18.2. The largest absolute Gasteiger partial charge is 0.396 e. The molecule has 0 aliphatic rings. The number of hydrogen-bond donors (Lipinski definition) is 2. The number of amides is 1. The predicted molar refractivity (Wildman–Crippen MR) is 98.1 cm³/mol. The van der Waals surface area contributed by atoms with Crippen molar-refractivity contribution in [3.8, 4) is 0 Å². The van der Waals surface area contributed by atoms with E-state index in [1.165, 1.54) is 5.56 Å². The Balaban J connectivity index is 2.01. The lowest BCUT2D eigenvalue weighted by Crippen LogP contribution is -2.35. The molecule has 0 aliphatic heterocycles. The number of carbonyl (C=O) groups excluding carboxylic acids is 1. The molecule has 128 valence electrons. The molecule has 3 nitrogen and oxygen atoms in total. The molecule has 0 fully saturated rings. The molecule has 0 aliphatic carbocycles. The van der Waals surface area contributed by atoms with Crippen molar-refractivity contribution in [1.29, 1.82) is 0 Å². The number of aliphatic hydroxyl groups excluding tert-OH is 1. The van der Waals surface area contributed by atoms with Crippen LogP contribution >= 0.6 is 0 Å². The molecule has 0 bridgehead atoms. The van der Waals surface area contributed by atoms with E-state index in [1.807, 2.05) is 56.3 Å². The Labute approximate surface area is 144 Å². The fourth-order valence-corrected chi connectivity index (χ4v) is 2.69. The van der Waals surface area contributed by atoms with E-state index in [9.17, 15) is 4.79 Å². The molecule has 0 saturated heterocycles. The first-order valence-electron chi connectivity index (χ1n) is 8.53. The first-order chi connectivity index (χ1) is 11.5. The van der Waals surface area contributed by atoms with Gasteiger partial charge in [-0.3, -0.25) is 4.79 Å². The Bertz CT molecular complexity index is 650. The van der Waals surface area contributed by atoms with E-state index >= 15 is 0 Å². The zero-order valence-corrected chi connectivity index (χ0v) is 14.6. The van der Waals surface area contributed by atoms with E-state index in [1.54, 1.807) is 0 Å². The lowest BCUT2D eigenvalue weighted by atomic mass is 9.89. The lowest BCUT2D eigenvalue weighted by Gasteiger charge is -2.24. The smallest absolute Gasteiger partial charge is 0.251 e. The highest BCUT2D eigenvalue weighted by atomic mass is 16.3. The van der Waals surface area contributed by atoms with E-state index in [2.05, 4.69) is 17.4 Å². The average molecular weight is 325 g/mol. The van der Waals surface area contributed by atoms with Gasteiger partial charge < -0.3 is 10.4 Å². The van der Waals surface area contributed by atoms with Gasteiger partial charge in [0.05, 0.1) is 0 Å². The molecule has 0 aromatic heterocycles. The predicted octanol–water partition coefficient (Wildman–Crippen LogP) is 3.61. The molecule has 2 N–H and O–H groups in total. The van der Waals surface area contributed by atoms with Crippen LogP contribution in [-0.2, 0) is 12.8 Å². The molecule has 0 heterocycles. The van der Waals surface area contributed by atoms with Crippen LogP contribution in [0.4, 0.5) is 0 Å². The average Bonchev–Trinajstić information content (AvgIpc) is 2.59. The number of nitrogens with one attached hydrogen (secondary N) is 1. The summed E-state index contributed by atoms with van der Waals surface area (Å²) in [6.45, 7) is 4.78. The summed E-state index contributed by atoms with van der Waals surface area (Å²) >= 11 is 0. The number of hydrogen-bond acceptors (Lipinski definition) is 2. The van der Waals surface area contributed by atoms with E-state index in [4.69, 9.17) is 5.11 Å². The SMILES string of the molecule is CC(C)(CCO)CNC(=O)c1ccccc1CCc1ccccc1. The molecule has 0 unspecified atom stereocenters. The van der Waals surface area contributed by atoms with E-state index in [0.717, 1.165) is 24.0 Å². The lowest BCUT2D eigenvalue weighted by molar-refractivity contribution is 0.0927. The molecule has 2 aromatic rings. The van der Waals surface area contributed by atoms with Gasteiger partial charge in [0, 0.05) is 18.7 Å². The quantitative estimate of drug-likeness (QED) is 0.779. The third-order valence-corrected chi connectivity index (χ3v) is 4.30. The van der Waals surface area contributed by atoms with Crippen LogP contribution in [0.3, 0.4) is 0 Å². The summed E-state index contributed by atoms with van der Waals surface area (Å²) < 4.78 is 0. The van der Waals surface area contributed by atoms with Crippen molar-refractivity contribution < 1.29 is 9.90 Å². The minimum atomic E-state index is -0.108. The van der Waals surface area contributed by atoms with Gasteiger partial charge in [-0.25, -0.2) is 0 Å². The zero-order valence-electron chi connectivity index (χ0n) is 14.6. The standard InChI is InChI=1S/C21H27NO2/c1-21(2,14-15-23)16-22-20(24)19-11-7-6-10-18(19)13-12-17-8-4-3-5-9-17/h3-11,23H,12-16H2,1-2H3,(H,22,24). The summed E-state index contributed by atoms with van der Waals surface area (Å²) in [5.74, 6) is -0.0373. The van der Waals surface area contributed by atoms with Crippen molar-refractivity contribution >= 4 is 5.91 Å². The summed E-state index contributed by atoms with van der Waals surface area (Å²) in [6, 6.07) is 18.1. The van der Waals surface area contributed by atoms with Gasteiger partial charge in [-0.05, 0) is 41.9 Å². The Morgan fingerprint density at radius 1 is 1.00 bits per heavy atom. The molecule has 0 saturated carbocycles. The number of benzene rings is 2. The molecule has 1 amide bonds. The van der Waals surface area contributed by atoms with Gasteiger partial charge in [0.1, 0.15) is 0 Å². The summed E-state index contributed by atoms with van der Waals surface area (Å²) in [7, 11) is 0. The summed E-state index contributed by atoms with van der Waals surface area (Å²) in [6.07, 6.45) is 2.43. The number of aliphatic hydroxyl groups is 1. The molecule has 2 rings (SSSR count). The minimum absolute atomic E-state index is 0.0373. The number of rotatable bonds is 8. The first-order valence-corrected chi connectivity index (χ1v) is 8.53. The molecule has 0 spiro atoms. The van der Waals surface area contributed by atoms with Crippen molar-refractivity contribution in [2.75, 3.05) is 13.2 Å². The van der Waals surface area contributed by atoms with Crippen molar-refractivity contribution in [1.82, 2.24) is 5.32 Å². The normalized spacial score (nSPS) is 11.3. The van der Waals surface area contributed by atoms with Crippen LogP contribution in [0.5, 0.6) is 0 Å². The Morgan fingerprint density at radius 3 is 2.38 bits per heavy atom. The third kappa shape index (κ3) is 5.50. The highest BCUT2D eigenvalue weighted by Crippen LogP contribution is 2.19. The van der Waals surface area contributed by atoms with Crippen LogP contribution in [0.2, 0.25) is 0 Å². The van der Waals surface area contributed by atoms with Gasteiger partial charge in [0.2, 0.25) is 0 Å². The van der Waals surface area contributed by atoms with Gasteiger partial charge in [0.25, 0.3) is 5.91 Å². The van der Waals surface area contributed by atoms with Crippen LogP contribution in [0.1, 0.15) is 41.8 Å². The zero-order chi connectivity index (χ0) is 17.4. The summed E-state index contributed by atoms with van der Waals surface area (Å²) in [5, 5.41) is 12.1. The van der Waals surface area contributed by atoms with E-state index in [0.29, 0.717) is 13.0 Å². The van der Waals surface area contributed by atoms with Crippen LogP contribution in [0.25, 0.3) is 0 Å². The molecular weight excluding hydrogens is 298 g/mol. The fraction of sp³-hybridized carbons (Fsp3) is 0.381. The Kier molecular flexibility index (Phi) is 6.56. The molecule has 0 radical (unpaired) electrons. The fourth-order valence-electron chi connectivity index (χ4n) is 2.69. The van der Waals surface area contributed by atoms with E-state index in [-0.39, 0.29) is 17.9 Å². The maximum absolute atomic E-state index is 12.6. The Morgan fingerprint density at radius 2 is 1.67 bits per heavy atom. The molecule has 3 heteroatoms. The molecule has 2 aromatic carbocycles. The second-order valence-electron chi connectivity index (χ2n) is 6.96. The van der Waals surface area contributed by atoms with Crippen LogP contribution in [0.15, 0.2) is 54.6 Å². The van der Waals surface area contributed by atoms with E-state index < -0.39 is 0 Å². The van der Waals surface area contributed by atoms with Crippen molar-refractivity contribution in [2.45, 2.75) is 33.1 Å². The molecule has 0 atom stereocenters. The number of aryl methyl sites for hydroxylation is 2. The Hall–Kier alpha value is -2.13. The highest BCUT2D eigenvalue weighted by Gasteiger charge is 2.19. The molecule has 24 heavy (non-hydrogen) atoms. The third-order valence-electron chi connectivity index (χ3n) is 4.30. The number of carbonyl (C=O) groups is 1. The second-order valence-corrected chi connectivity index (χ2v) is 6.96.